The smallest absolute Gasteiger partial charge is 0.146 e. The zero-order chi connectivity index (χ0) is 13.1. The van der Waals surface area contributed by atoms with E-state index in [0.717, 1.165) is 6.54 Å². The molecule has 1 rings (SSSR count). The normalized spacial score (nSPS) is 13.5. The third-order valence-electron chi connectivity index (χ3n) is 3.10. The molecule has 1 atom stereocenters. The van der Waals surface area contributed by atoms with Crippen molar-refractivity contribution in [3.63, 3.8) is 0 Å². The van der Waals surface area contributed by atoms with Gasteiger partial charge in [-0.2, -0.15) is 0 Å². The van der Waals surface area contributed by atoms with Crippen molar-refractivity contribution in [2.24, 2.45) is 11.1 Å². The van der Waals surface area contributed by atoms with Crippen molar-refractivity contribution in [3.05, 3.63) is 30.1 Å². The fourth-order valence-electron chi connectivity index (χ4n) is 2.19. The van der Waals surface area contributed by atoms with E-state index in [9.17, 15) is 4.39 Å². The van der Waals surface area contributed by atoms with Crippen molar-refractivity contribution in [1.29, 1.82) is 0 Å². The first-order valence-corrected chi connectivity index (χ1v) is 6.13. The lowest BCUT2D eigenvalue weighted by Gasteiger charge is -2.40. The van der Waals surface area contributed by atoms with Gasteiger partial charge < -0.3 is 10.6 Å². The van der Waals surface area contributed by atoms with Gasteiger partial charge in [-0.05, 0) is 24.5 Å². The van der Waals surface area contributed by atoms with Gasteiger partial charge in [-0.3, -0.25) is 0 Å². The minimum absolute atomic E-state index is 0.0209. The maximum Gasteiger partial charge on any atom is 0.146 e. The lowest BCUT2D eigenvalue weighted by atomic mass is 9.85. The standard InChI is InChI=1S/C14H23FN2/c1-5-17(13(10-16)14(2,3)4)12-9-7-6-8-11(12)15/h6-9,13H,5,10,16H2,1-4H3. The van der Waals surface area contributed by atoms with E-state index in [2.05, 4.69) is 25.7 Å². The van der Waals surface area contributed by atoms with Crippen LogP contribution >= 0.6 is 0 Å². The Bertz CT molecular complexity index is 357. The Kier molecular flexibility index (Phi) is 4.52. The van der Waals surface area contributed by atoms with Gasteiger partial charge in [0, 0.05) is 19.1 Å². The van der Waals surface area contributed by atoms with E-state index in [0.29, 0.717) is 12.2 Å². The molecule has 0 aliphatic heterocycles. The van der Waals surface area contributed by atoms with E-state index < -0.39 is 0 Å². The SMILES string of the molecule is CCN(c1ccccc1F)C(CN)C(C)(C)C. The number of benzene rings is 1. The number of nitrogens with two attached hydrogens (primary N) is 1. The topological polar surface area (TPSA) is 29.3 Å². The summed E-state index contributed by atoms with van der Waals surface area (Å²) < 4.78 is 13.8. The highest BCUT2D eigenvalue weighted by Gasteiger charge is 2.29. The summed E-state index contributed by atoms with van der Waals surface area (Å²) in [5.74, 6) is -0.183. The van der Waals surface area contributed by atoms with Crippen LogP contribution in [0.2, 0.25) is 0 Å². The van der Waals surface area contributed by atoms with Crippen LogP contribution in [0.5, 0.6) is 0 Å². The molecule has 17 heavy (non-hydrogen) atoms. The minimum Gasteiger partial charge on any atom is -0.365 e. The molecule has 0 heterocycles. The van der Waals surface area contributed by atoms with Crippen LogP contribution < -0.4 is 10.6 Å². The van der Waals surface area contributed by atoms with Crippen LogP contribution in [0.3, 0.4) is 0 Å². The predicted octanol–water partition coefficient (Wildman–Crippen LogP) is 3.03. The van der Waals surface area contributed by atoms with Gasteiger partial charge in [-0.15, -0.1) is 0 Å². The highest BCUT2D eigenvalue weighted by Crippen LogP contribution is 2.29. The average molecular weight is 238 g/mol. The molecule has 0 aliphatic rings. The summed E-state index contributed by atoms with van der Waals surface area (Å²) in [5, 5.41) is 0. The van der Waals surface area contributed by atoms with Gasteiger partial charge in [0.05, 0.1) is 5.69 Å². The van der Waals surface area contributed by atoms with Gasteiger partial charge in [0.15, 0.2) is 0 Å². The molecule has 1 aromatic carbocycles. The second-order valence-corrected chi connectivity index (χ2v) is 5.35. The van der Waals surface area contributed by atoms with Gasteiger partial charge in [0.2, 0.25) is 0 Å². The molecule has 0 aliphatic carbocycles. The summed E-state index contributed by atoms with van der Waals surface area (Å²) in [6, 6.07) is 7.00. The summed E-state index contributed by atoms with van der Waals surface area (Å²) in [7, 11) is 0. The second-order valence-electron chi connectivity index (χ2n) is 5.35. The van der Waals surface area contributed by atoms with Crippen molar-refractivity contribution in [2.75, 3.05) is 18.0 Å². The van der Waals surface area contributed by atoms with Crippen molar-refractivity contribution in [1.82, 2.24) is 0 Å². The van der Waals surface area contributed by atoms with Gasteiger partial charge in [-0.1, -0.05) is 32.9 Å². The number of hydrogen-bond donors (Lipinski definition) is 1. The minimum atomic E-state index is -0.183. The summed E-state index contributed by atoms with van der Waals surface area (Å²) in [6.07, 6.45) is 0. The van der Waals surface area contributed by atoms with E-state index >= 15 is 0 Å². The van der Waals surface area contributed by atoms with Crippen LogP contribution in [0, 0.1) is 11.2 Å². The Morgan fingerprint density at radius 2 is 1.88 bits per heavy atom. The predicted molar refractivity (Wildman–Crippen MR) is 71.7 cm³/mol. The number of likely N-dealkylation sites (N-methyl/N-ethyl adjacent to an activating group) is 1. The first kappa shape index (κ1) is 14.0. The Hall–Kier alpha value is -1.09. The lowest BCUT2D eigenvalue weighted by molar-refractivity contribution is 0.308. The Morgan fingerprint density at radius 1 is 1.29 bits per heavy atom. The Morgan fingerprint density at radius 3 is 2.29 bits per heavy atom. The highest BCUT2D eigenvalue weighted by atomic mass is 19.1. The number of rotatable bonds is 4. The first-order valence-electron chi connectivity index (χ1n) is 6.13. The van der Waals surface area contributed by atoms with Crippen LogP contribution in [0.25, 0.3) is 0 Å². The van der Waals surface area contributed by atoms with Crippen LogP contribution in [0.15, 0.2) is 24.3 Å². The van der Waals surface area contributed by atoms with Gasteiger partial charge in [0.25, 0.3) is 0 Å². The quantitative estimate of drug-likeness (QED) is 0.873. The van der Waals surface area contributed by atoms with E-state index in [1.165, 1.54) is 6.07 Å². The molecule has 2 N–H and O–H groups in total. The molecule has 0 saturated carbocycles. The molecule has 0 saturated heterocycles. The molecule has 0 radical (unpaired) electrons. The molecular formula is C14H23FN2. The second kappa shape index (κ2) is 5.50. The Balaban J connectivity index is 3.10. The molecule has 0 fully saturated rings. The molecule has 2 nitrogen and oxygen atoms in total. The molecule has 0 bridgehead atoms. The van der Waals surface area contributed by atoms with Gasteiger partial charge in [0.1, 0.15) is 5.82 Å². The maximum absolute atomic E-state index is 13.8. The van der Waals surface area contributed by atoms with E-state index in [-0.39, 0.29) is 17.3 Å². The molecule has 0 amide bonds. The van der Waals surface area contributed by atoms with Crippen LogP contribution in [0.1, 0.15) is 27.7 Å². The summed E-state index contributed by atoms with van der Waals surface area (Å²) >= 11 is 0. The molecular weight excluding hydrogens is 215 g/mol. The van der Waals surface area contributed by atoms with Crippen molar-refractivity contribution >= 4 is 5.69 Å². The third-order valence-corrected chi connectivity index (χ3v) is 3.10. The van der Waals surface area contributed by atoms with E-state index in [1.807, 2.05) is 19.1 Å². The fourth-order valence-corrected chi connectivity index (χ4v) is 2.19. The molecule has 0 aromatic heterocycles. The largest absolute Gasteiger partial charge is 0.365 e. The lowest BCUT2D eigenvalue weighted by Crippen LogP contribution is -2.49. The zero-order valence-electron chi connectivity index (χ0n) is 11.2. The van der Waals surface area contributed by atoms with Gasteiger partial charge in [-0.25, -0.2) is 4.39 Å². The number of halogens is 1. The zero-order valence-corrected chi connectivity index (χ0v) is 11.2. The molecule has 96 valence electrons. The van der Waals surface area contributed by atoms with E-state index in [1.54, 1.807) is 6.07 Å². The maximum atomic E-state index is 13.8. The van der Waals surface area contributed by atoms with Crippen LogP contribution in [0.4, 0.5) is 10.1 Å². The number of hydrogen-bond acceptors (Lipinski definition) is 2. The summed E-state index contributed by atoms with van der Waals surface area (Å²) in [5.41, 5.74) is 6.52. The molecule has 0 spiro atoms. The molecule has 3 heteroatoms. The van der Waals surface area contributed by atoms with Crippen LogP contribution in [-0.2, 0) is 0 Å². The van der Waals surface area contributed by atoms with Gasteiger partial charge >= 0.3 is 0 Å². The number of nitrogens with zero attached hydrogens (tertiary/aromatic N) is 1. The summed E-state index contributed by atoms with van der Waals surface area (Å²) in [6.45, 7) is 9.70. The number of para-hydroxylation sites is 1. The van der Waals surface area contributed by atoms with E-state index in [4.69, 9.17) is 5.73 Å². The van der Waals surface area contributed by atoms with Crippen molar-refractivity contribution < 1.29 is 4.39 Å². The van der Waals surface area contributed by atoms with Crippen molar-refractivity contribution in [2.45, 2.75) is 33.7 Å². The molecule has 1 unspecified atom stereocenters. The van der Waals surface area contributed by atoms with Crippen molar-refractivity contribution in [3.8, 4) is 0 Å². The third kappa shape index (κ3) is 3.19. The average Bonchev–Trinajstić information content (AvgIpc) is 2.25. The number of anilines is 1. The monoisotopic (exact) mass is 238 g/mol. The Labute approximate surface area is 104 Å². The summed E-state index contributed by atoms with van der Waals surface area (Å²) in [4.78, 5) is 2.05. The highest BCUT2D eigenvalue weighted by molar-refractivity contribution is 5.49. The molecule has 1 aromatic rings. The fraction of sp³-hybridized carbons (Fsp3) is 0.571. The first-order chi connectivity index (χ1) is 7.91. The van der Waals surface area contributed by atoms with Crippen LogP contribution in [-0.4, -0.2) is 19.1 Å².